The summed E-state index contributed by atoms with van der Waals surface area (Å²) < 4.78 is 0. The average Bonchev–Trinajstić information content (AvgIpc) is 3.09. The fourth-order valence-electron chi connectivity index (χ4n) is 4.11. The predicted molar refractivity (Wildman–Crippen MR) is 111 cm³/mol. The zero-order valence-corrected chi connectivity index (χ0v) is 16.5. The number of nitrogens with one attached hydrogen (secondary N) is 2. The molecule has 0 aliphatic heterocycles. The lowest BCUT2D eigenvalue weighted by atomic mass is 9.95. The lowest BCUT2D eigenvalue weighted by molar-refractivity contribution is -0.123. The monoisotopic (exact) mass is 377 g/mol. The van der Waals surface area contributed by atoms with Crippen LogP contribution in [-0.4, -0.2) is 33.9 Å². The number of aromatic amines is 1. The number of H-pyrrole nitrogens is 1. The largest absolute Gasteiger partial charge is 0.359 e. The van der Waals surface area contributed by atoms with E-state index in [0.29, 0.717) is 0 Å². The Labute approximate surface area is 165 Å². The van der Waals surface area contributed by atoms with Crippen LogP contribution in [0.25, 0.3) is 11.0 Å². The zero-order chi connectivity index (χ0) is 19.5. The lowest BCUT2D eigenvalue weighted by Gasteiger charge is -2.32. The predicted octanol–water partition coefficient (Wildman–Crippen LogP) is 3.89. The van der Waals surface area contributed by atoms with E-state index in [9.17, 15) is 4.79 Å². The quantitative estimate of drug-likeness (QED) is 0.707. The molecular formula is C22H27N5O. The molecule has 1 unspecified atom stereocenters. The molecular weight excluding hydrogens is 350 g/mol. The van der Waals surface area contributed by atoms with E-state index in [1.807, 2.05) is 49.2 Å². The van der Waals surface area contributed by atoms with Crippen molar-refractivity contribution >= 4 is 22.6 Å². The molecule has 1 atom stereocenters. The summed E-state index contributed by atoms with van der Waals surface area (Å²) in [6, 6.07) is 9.74. The van der Waals surface area contributed by atoms with E-state index in [2.05, 4.69) is 20.3 Å². The summed E-state index contributed by atoms with van der Waals surface area (Å²) in [6.45, 7) is 1.94. The van der Waals surface area contributed by atoms with Gasteiger partial charge in [0, 0.05) is 36.7 Å². The molecule has 6 nitrogen and oxygen atoms in total. The van der Waals surface area contributed by atoms with E-state index in [1.54, 1.807) is 12.4 Å². The fourth-order valence-corrected chi connectivity index (χ4v) is 4.11. The van der Waals surface area contributed by atoms with Crippen molar-refractivity contribution in [2.45, 2.75) is 51.1 Å². The highest BCUT2D eigenvalue weighted by atomic mass is 16.2. The van der Waals surface area contributed by atoms with Gasteiger partial charge in [-0.15, -0.1) is 0 Å². The number of aryl methyl sites for hydroxylation is 1. The lowest BCUT2D eigenvalue weighted by Crippen LogP contribution is -2.44. The number of fused-ring (bicyclic) bond motifs is 1. The molecule has 1 aliphatic rings. The number of likely N-dealkylation sites (N-methyl/N-ethyl adjacent to an activating group) is 1. The van der Waals surface area contributed by atoms with Crippen molar-refractivity contribution in [3.8, 4) is 0 Å². The summed E-state index contributed by atoms with van der Waals surface area (Å²) in [7, 11) is 1.96. The van der Waals surface area contributed by atoms with Gasteiger partial charge in [-0.05, 0) is 44.0 Å². The number of benzene rings is 1. The Morgan fingerprint density at radius 1 is 1.25 bits per heavy atom. The average molecular weight is 377 g/mol. The van der Waals surface area contributed by atoms with Crippen LogP contribution in [0.2, 0.25) is 0 Å². The number of nitrogens with zero attached hydrogens (tertiary/aromatic N) is 3. The van der Waals surface area contributed by atoms with Crippen LogP contribution in [0.3, 0.4) is 0 Å². The van der Waals surface area contributed by atoms with Crippen LogP contribution in [0.15, 0.2) is 42.7 Å². The van der Waals surface area contributed by atoms with Crippen molar-refractivity contribution in [3.05, 3.63) is 54.1 Å². The molecule has 3 aromatic rings. The number of carbonyl (C=O) groups excluding carboxylic acids is 1. The maximum Gasteiger partial charge on any atom is 0.247 e. The molecule has 1 saturated carbocycles. The molecule has 1 amide bonds. The topological polar surface area (TPSA) is 73.9 Å². The maximum absolute atomic E-state index is 13.3. The fraction of sp³-hybridized carbons (Fsp3) is 0.409. The number of rotatable bonds is 5. The van der Waals surface area contributed by atoms with Crippen molar-refractivity contribution in [1.29, 1.82) is 0 Å². The third-order valence-corrected chi connectivity index (χ3v) is 5.58. The van der Waals surface area contributed by atoms with Crippen molar-refractivity contribution < 1.29 is 4.79 Å². The van der Waals surface area contributed by atoms with Crippen molar-refractivity contribution in [2.75, 3.05) is 11.9 Å². The third-order valence-electron chi connectivity index (χ3n) is 5.58. The Balaban J connectivity index is 1.64. The van der Waals surface area contributed by atoms with Gasteiger partial charge in [0.2, 0.25) is 5.91 Å². The van der Waals surface area contributed by atoms with Crippen LogP contribution in [0, 0.1) is 6.92 Å². The number of carbonyl (C=O) groups is 1. The van der Waals surface area contributed by atoms with Crippen molar-refractivity contribution in [1.82, 2.24) is 20.3 Å². The van der Waals surface area contributed by atoms with Gasteiger partial charge in [-0.2, -0.15) is 0 Å². The first kappa shape index (κ1) is 18.5. The summed E-state index contributed by atoms with van der Waals surface area (Å²) >= 11 is 0. The molecule has 4 rings (SSSR count). The molecule has 6 heteroatoms. The molecule has 28 heavy (non-hydrogen) atoms. The molecule has 2 aromatic heterocycles. The molecule has 146 valence electrons. The highest BCUT2D eigenvalue weighted by Gasteiger charge is 2.28. The second-order valence-electron chi connectivity index (χ2n) is 7.67. The number of aromatic nitrogens is 3. The molecule has 0 spiro atoms. The van der Waals surface area contributed by atoms with Crippen LogP contribution < -0.4 is 10.2 Å². The van der Waals surface area contributed by atoms with Gasteiger partial charge in [0.25, 0.3) is 0 Å². The normalized spacial score (nSPS) is 16.1. The minimum Gasteiger partial charge on any atom is -0.359 e. The van der Waals surface area contributed by atoms with Crippen LogP contribution >= 0.6 is 0 Å². The molecule has 1 fully saturated rings. The highest BCUT2D eigenvalue weighted by molar-refractivity contribution is 5.88. The summed E-state index contributed by atoms with van der Waals surface area (Å²) in [6.07, 6.45) is 9.28. The second kappa shape index (κ2) is 8.00. The molecule has 0 radical (unpaired) electrons. The van der Waals surface area contributed by atoms with Gasteiger partial charge >= 0.3 is 0 Å². The van der Waals surface area contributed by atoms with E-state index >= 15 is 0 Å². The summed E-state index contributed by atoms with van der Waals surface area (Å²) in [5.74, 6) is 0.914. The second-order valence-corrected chi connectivity index (χ2v) is 7.67. The molecule has 2 N–H and O–H groups in total. The van der Waals surface area contributed by atoms with Crippen LogP contribution in [-0.2, 0) is 4.79 Å². The minimum absolute atomic E-state index is 0.0308. The number of pyridine rings is 1. The number of hydrogen-bond donors (Lipinski definition) is 2. The SMILES string of the molecule is Cc1nc2ccc(N(C)C(C(=O)NC3CCCCC3)c3cccnc3)cc2[nH]1. The van der Waals surface area contributed by atoms with E-state index in [4.69, 9.17) is 0 Å². The van der Waals surface area contributed by atoms with Crippen LogP contribution in [0.1, 0.15) is 49.5 Å². The minimum atomic E-state index is -0.433. The summed E-state index contributed by atoms with van der Waals surface area (Å²) in [5.41, 5.74) is 3.75. The number of anilines is 1. The number of imidazole rings is 1. The Morgan fingerprint density at radius 2 is 2.07 bits per heavy atom. The standard InChI is InChI=1S/C22H27N5O/c1-15-24-19-11-10-18(13-20(19)25-15)27(2)21(16-7-6-12-23-14-16)22(28)26-17-8-4-3-5-9-17/h6-7,10-14,17,21H,3-5,8-9H2,1-2H3,(H,24,25)(H,26,28). The van der Waals surface area contributed by atoms with E-state index in [1.165, 1.54) is 19.3 Å². The van der Waals surface area contributed by atoms with Crippen molar-refractivity contribution in [2.24, 2.45) is 0 Å². The van der Waals surface area contributed by atoms with E-state index in [0.717, 1.165) is 41.0 Å². The van der Waals surface area contributed by atoms with Gasteiger partial charge in [-0.25, -0.2) is 4.98 Å². The first-order valence-corrected chi connectivity index (χ1v) is 10.0. The first-order chi connectivity index (χ1) is 13.6. The Morgan fingerprint density at radius 3 is 2.82 bits per heavy atom. The number of hydrogen-bond acceptors (Lipinski definition) is 4. The third kappa shape index (κ3) is 3.86. The Bertz CT molecular complexity index is 946. The molecule has 1 aliphatic carbocycles. The first-order valence-electron chi connectivity index (χ1n) is 10.0. The van der Waals surface area contributed by atoms with Crippen molar-refractivity contribution in [3.63, 3.8) is 0 Å². The van der Waals surface area contributed by atoms with E-state index < -0.39 is 6.04 Å². The zero-order valence-electron chi connectivity index (χ0n) is 16.5. The summed E-state index contributed by atoms with van der Waals surface area (Å²) in [5, 5.41) is 3.28. The summed E-state index contributed by atoms with van der Waals surface area (Å²) in [4.78, 5) is 27.3. The highest BCUT2D eigenvalue weighted by Crippen LogP contribution is 2.29. The Kier molecular flexibility index (Phi) is 5.28. The van der Waals surface area contributed by atoms with Gasteiger partial charge in [-0.1, -0.05) is 25.3 Å². The van der Waals surface area contributed by atoms with Gasteiger partial charge in [0.05, 0.1) is 11.0 Å². The smallest absolute Gasteiger partial charge is 0.247 e. The van der Waals surface area contributed by atoms with Gasteiger partial charge in [0.15, 0.2) is 0 Å². The molecule has 0 saturated heterocycles. The van der Waals surface area contributed by atoms with Crippen LogP contribution in [0.5, 0.6) is 0 Å². The maximum atomic E-state index is 13.3. The van der Waals surface area contributed by atoms with Crippen LogP contribution in [0.4, 0.5) is 5.69 Å². The van der Waals surface area contributed by atoms with Gasteiger partial charge in [0.1, 0.15) is 11.9 Å². The Hall–Kier alpha value is -2.89. The van der Waals surface area contributed by atoms with Gasteiger partial charge in [-0.3, -0.25) is 9.78 Å². The molecule has 0 bridgehead atoms. The van der Waals surface area contributed by atoms with Gasteiger partial charge < -0.3 is 15.2 Å². The molecule has 2 heterocycles. The molecule has 1 aromatic carbocycles. The van der Waals surface area contributed by atoms with E-state index in [-0.39, 0.29) is 11.9 Å². The number of amides is 1.